The molecule has 3 rings (SSSR count). The zero-order valence-electron chi connectivity index (χ0n) is 13.3. The number of halogens is 2. The molecule has 8 heteroatoms. The smallest absolute Gasteiger partial charge is 0.263 e. The van der Waals surface area contributed by atoms with Crippen molar-refractivity contribution in [3.8, 4) is 6.07 Å². The molecule has 2 aromatic carbocycles. The largest absolute Gasteiger partial charge is 0.366 e. The number of hydrogen-bond donors (Lipinski definition) is 2. The highest BCUT2D eigenvalue weighted by molar-refractivity contribution is 9.10. The summed E-state index contributed by atoms with van der Waals surface area (Å²) < 4.78 is 42.5. The molecular formula is C18H13BrFN3O2S. The Bertz CT molecular complexity index is 1100. The maximum atomic E-state index is 14.0. The third-order valence-electron chi connectivity index (χ3n) is 3.70. The van der Waals surface area contributed by atoms with Crippen LogP contribution in [0.4, 0.5) is 10.1 Å². The molecule has 0 aliphatic carbocycles. The van der Waals surface area contributed by atoms with Crippen LogP contribution in [0.25, 0.3) is 0 Å². The van der Waals surface area contributed by atoms with E-state index in [-0.39, 0.29) is 16.1 Å². The van der Waals surface area contributed by atoms with Gasteiger partial charge in [-0.3, -0.25) is 4.72 Å². The molecule has 0 unspecified atom stereocenters. The minimum absolute atomic E-state index is 0.0428. The molecule has 0 bridgehead atoms. The van der Waals surface area contributed by atoms with Gasteiger partial charge >= 0.3 is 0 Å². The zero-order valence-corrected chi connectivity index (χ0v) is 15.7. The van der Waals surface area contributed by atoms with Crippen LogP contribution in [0.1, 0.15) is 16.7 Å². The maximum Gasteiger partial charge on any atom is 0.263 e. The van der Waals surface area contributed by atoms with Gasteiger partial charge in [0.05, 0.1) is 17.3 Å². The predicted molar refractivity (Wildman–Crippen MR) is 99.7 cm³/mol. The number of nitriles is 1. The minimum atomic E-state index is -3.99. The lowest BCUT2D eigenvalue weighted by Crippen LogP contribution is -2.15. The summed E-state index contributed by atoms with van der Waals surface area (Å²) in [5, 5.41) is 8.77. The summed E-state index contributed by atoms with van der Waals surface area (Å²) in [5.41, 5.74) is 1.39. The molecule has 0 radical (unpaired) electrons. The van der Waals surface area contributed by atoms with Crippen molar-refractivity contribution in [2.45, 2.75) is 11.3 Å². The molecule has 132 valence electrons. The highest BCUT2D eigenvalue weighted by atomic mass is 79.9. The number of sulfonamides is 1. The van der Waals surface area contributed by atoms with E-state index in [0.29, 0.717) is 12.0 Å². The topological polar surface area (TPSA) is 85.8 Å². The Labute approximate surface area is 158 Å². The number of nitrogens with zero attached hydrogens (tertiary/aromatic N) is 1. The SMILES string of the molecule is N#Cc1ccc(NS(=O)(=O)c2c[nH]cc2Cc2cccc(Br)c2)c(F)c1. The molecule has 1 aromatic heterocycles. The van der Waals surface area contributed by atoms with Crippen LogP contribution in [0, 0.1) is 17.1 Å². The van der Waals surface area contributed by atoms with Crippen LogP contribution >= 0.6 is 15.9 Å². The number of hydrogen-bond acceptors (Lipinski definition) is 3. The van der Waals surface area contributed by atoms with Gasteiger partial charge in [0, 0.05) is 23.3 Å². The number of anilines is 1. The van der Waals surface area contributed by atoms with Crippen molar-refractivity contribution in [2.75, 3.05) is 4.72 Å². The van der Waals surface area contributed by atoms with E-state index in [0.717, 1.165) is 16.1 Å². The highest BCUT2D eigenvalue weighted by Crippen LogP contribution is 2.24. The number of H-pyrrole nitrogens is 1. The van der Waals surface area contributed by atoms with Crippen LogP contribution in [0.2, 0.25) is 0 Å². The lowest BCUT2D eigenvalue weighted by molar-refractivity contribution is 0.598. The van der Waals surface area contributed by atoms with Crippen molar-refractivity contribution in [3.63, 3.8) is 0 Å². The zero-order chi connectivity index (χ0) is 18.7. The van der Waals surface area contributed by atoms with Crippen molar-refractivity contribution in [1.29, 1.82) is 5.26 Å². The second kappa shape index (κ2) is 7.32. The summed E-state index contributed by atoms with van der Waals surface area (Å²) in [4.78, 5) is 2.83. The van der Waals surface area contributed by atoms with Gasteiger partial charge in [0.2, 0.25) is 0 Å². The predicted octanol–water partition coefficient (Wildman–Crippen LogP) is 4.18. The normalized spacial score (nSPS) is 11.1. The van der Waals surface area contributed by atoms with E-state index in [2.05, 4.69) is 25.6 Å². The molecule has 5 nitrogen and oxygen atoms in total. The third-order valence-corrected chi connectivity index (χ3v) is 5.65. The molecule has 0 fully saturated rings. The van der Waals surface area contributed by atoms with Crippen LogP contribution < -0.4 is 4.72 Å². The molecular weight excluding hydrogens is 421 g/mol. The quantitative estimate of drug-likeness (QED) is 0.632. The molecule has 0 aliphatic rings. The standard InChI is InChI=1S/C18H13BrFN3O2S/c19-15-3-1-2-12(7-15)6-14-10-22-11-18(14)26(24,25)23-17-5-4-13(9-21)8-16(17)20/h1-5,7-8,10-11,22-23H,6H2. The number of aromatic nitrogens is 1. The van der Waals surface area contributed by atoms with Crippen molar-refractivity contribution < 1.29 is 12.8 Å². The summed E-state index contributed by atoms with van der Waals surface area (Å²) in [6.07, 6.45) is 3.36. The van der Waals surface area contributed by atoms with Crippen molar-refractivity contribution in [3.05, 3.63) is 81.8 Å². The Balaban J connectivity index is 1.89. The molecule has 0 aliphatic heterocycles. The molecule has 0 atom stereocenters. The van der Waals surface area contributed by atoms with Crippen LogP contribution in [-0.2, 0) is 16.4 Å². The molecule has 0 amide bonds. The van der Waals surface area contributed by atoms with E-state index in [1.165, 1.54) is 18.3 Å². The van der Waals surface area contributed by atoms with Crippen LogP contribution in [0.5, 0.6) is 0 Å². The maximum absolute atomic E-state index is 14.0. The van der Waals surface area contributed by atoms with Gasteiger partial charge in [0.15, 0.2) is 0 Å². The Morgan fingerprint density at radius 2 is 2.00 bits per heavy atom. The third kappa shape index (κ3) is 3.95. The first kappa shape index (κ1) is 18.2. The summed E-state index contributed by atoms with van der Waals surface area (Å²) in [6, 6.07) is 12.9. The number of aromatic amines is 1. The van der Waals surface area contributed by atoms with E-state index in [9.17, 15) is 12.8 Å². The van der Waals surface area contributed by atoms with Gasteiger partial charge < -0.3 is 4.98 Å². The second-order valence-electron chi connectivity index (χ2n) is 5.56. The Kier molecular flexibility index (Phi) is 5.11. The molecule has 2 N–H and O–H groups in total. The van der Waals surface area contributed by atoms with E-state index < -0.39 is 15.8 Å². The van der Waals surface area contributed by atoms with E-state index >= 15 is 0 Å². The van der Waals surface area contributed by atoms with Gasteiger partial charge in [-0.25, -0.2) is 12.8 Å². The van der Waals surface area contributed by atoms with Crippen molar-refractivity contribution in [1.82, 2.24) is 4.98 Å². The second-order valence-corrected chi connectivity index (χ2v) is 8.13. The Morgan fingerprint density at radius 1 is 1.19 bits per heavy atom. The lowest BCUT2D eigenvalue weighted by atomic mass is 10.1. The molecule has 0 spiro atoms. The lowest BCUT2D eigenvalue weighted by Gasteiger charge is -2.10. The first-order chi connectivity index (χ1) is 12.4. The summed E-state index contributed by atoms with van der Waals surface area (Å²) in [6.45, 7) is 0. The summed E-state index contributed by atoms with van der Waals surface area (Å²) in [7, 11) is -3.99. The van der Waals surface area contributed by atoms with Gasteiger partial charge in [-0.05, 0) is 41.5 Å². The number of rotatable bonds is 5. The van der Waals surface area contributed by atoms with Crippen LogP contribution in [0.3, 0.4) is 0 Å². The Morgan fingerprint density at radius 3 is 2.69 bits per heavy atom. The monoisotopic (exact) mass is 433 g/mol. The molecule has 0 saturated heterocycles. The first-order valence-electron chi connectivity index (χ1n) is 7.51. The fraction of sp³-hybridized carbons (Fsp3) is 0.0556. The van der Waals surface area contributed by atoms with E-state index in [1.54, 1.807) is 12.3 Å². The van der Waals surface area contributed by atoms with Gasteiger partial charge in [0.1, 0.15) is 10.7 Å². The summed E-state index contributed by atoms with van der Waals surface area (Å²) >= 11 is 3.39. The van der Waals surface area contributed by atoms with Crippen molar-refractivity contribution in [2.24, 2.45) is 0 Å². The minimum Gasteiger partial charge on any atom is -0.366 e. The molecule has 0 saturated carbocycles. The van der Waals surface area contributed by atoms with Gasteiger partial charge in [-0.2, -0.15) is 5.26 Å². The number of benzene rings is 2. The molecule has 26 heavy (non-hydrogen) atoms. The molecule has 1 heterocycles. The summed E-state index contributed by atoms with van der Waals surface area (Å²) in [5.74, 6) is -0.809. The van der Waals surface area contributed by atoms with Crippen LogP contribution in [0.15, 0.2) is 64.2 Å². The average molecular weight is 434 g/mol. The van der Waals surface area contributed by atoms with Crippen molar-refractivity contribution >= 4 is 31.6 Å². The average Bonchev–Trinajstić information content (AvgIpc) is 3.05. The number of nitrogens with one attached hydrogen (secondary N) is 2. The highest BCUT2D eigenvalue weighted by Gasteiger charge is 2.21. The van der Waals surface area contributed by atoms with E-state index in [4.69, 9.17) is 5.26 Å². The van der Waals surface area contributed by atoms with Gasteiger partial charge in [-0.1, -0.05) is 28.1 Å². The van der Waals surface area contributed by atoms with Crippen LogP contribution in [-0.4, -0.2) is 13.4 Å². The van der Waals surface area contributed by atoms with Gasteiger partial charge in [0.25, 0.3) is 10.0 Å². The van der Waals surface area contributed by atoms with Gasteiger partial charge in [-0.15, -0.1) is 0 Å². The fourth-order valence-corrected chi connectivity index (χ4v) is 4.22. The first-order valence-corrected chi connectivity index (χ1v) is 9.79. The molecule has 3 aromatic rings. The fourth-order valence-electron chi connectivity index (χ4n) is 2.50. The van der Waals surface area contributed by atoms with E-state index in [1.807, 2.05) is 24.3 Å². The Hall–Kier alpha value is -2.63.